The molecule has 9 saturated heterocycles. The van der Waals surface area contributed by atoms with Crippen LogP contribution in [0, 0.1) is 44.8 Å². The number of carbonyl (C=O) groups is 2. The lowest BCUT2D eigenvalue weighted by molar-refractivity contribution is -0.396. The van der Waals surface area contributed by atoms with Gasteiger partial charge >= 0.3 is 12.1 Å². The van der Waals surface area contributed by atoms with Gasteiger partial charge in [-0.1, -0.05) is 52.8 Å². The number of methoxy groups -OCH3 is 1. The van der Waals surface area contributed by atoms with E-state index in [0.29, 0.717) is 44.9 Å². The molecule has 0 bridgehead atoms. The fourth-order valence-electron chi connectivity index (χ4n) is 22.1. The second-order valence-corrected chi connectivity index (χ2v) is 36.4. The molecule has 14 aliphatic rings. The Hall–Kier alpha value is -3.38. The van der Waals surface area contributed by atoms with Crippen LogP contribution in [0.2, 0.25) is 0 Å². The van der Waals surface area contributed by atoms with Crippen LogP contribution in [-0.4, -0.2) is 400 Å². The van der Waals surface area contributed by atoms with E-state index in [1.54, 1.807) is 6.92 Å². The number of carbonyl (C=O) groups excluding carboxylic acids is 1. The molecule has 4 saturated carbocycles. The van der Waals surface area contributed by atoms with Gasteiger partial charge < -0.3 is 192 Å². The van der Waals surface area contributed by atoms with E-state index >= 15 is 0 Å². The minimum Gasteiger partial charge on any atom is -0.479 e. The Morgan fingerprint density at radius 1 is 0.483 bits per heavy atom. The molecule has 0 aromatic rings. The number of carboxylic acid groups (broad SMARTS) is 1. The third-order valence-electron chi connectivity index (χ3n) is 29.2. The smallest absolute Gasteiger partial charge is 0.479 e. The summed E-state index contributed by atoms with van der Waals surface area (Å²) < 4.78 is 117. The van der Waals surface area contributed by atoms with Gasteiger partial charge in [0.15, 0.2) is 68.4 Å². The molecule has 0 amide bonds. The van der Waals surface area contributed by atoms with Crippen LogP contribution in [0.15, 0.2) is 24.0 Å². The van der Waals surface area contributed by atoms with Crippen LogP contribution in [0.25, 0.3) is 0 Å². The van der Waals surface area contributed by atoms with Crippen molar-refractivity contribution >= 4 is 12.1 Å². The second-order valence-electron chi connectivity index (χ2n) is 36.4. The van der Waals surface area contributed by atoms with Gasteiger partial charge in [0.25, 0.3) is 0 Å². The van der Waals surface area contributed by atoms with Gasteiger partial charge in [-0.2, -0.15) is 0 Å². The molecule has 41 nitrogen and oxygen atoms in total. The lowest BCUT2D eigenvalue weighted by Gasteiger charge is -2.72. The second kappa shape index (κ2) is 34.4. The third kappa shape index (κ3) is 15.6. The number of aliphatic carboxylic acids is 1. The summed E-state index contributed by atoms with van der Waals surface area (Å²) in [5, 5.41) is 222. The van der Waals surface area contributed by atoms with Crippen molar-refractivity contribution < 1.29 is 202 Å². The molecule has 674 valence electrons. The standard InChI is InChI=1S/C77H120O41/c1-26-53(110-65-51(95)55(33(82)25-103-65)111-63-46(90)40(84)31(80)23-101-63)57(113-66-48(92)44(88)42(86)34(21-78)107-66)52(96)68(104-26)116-61-59-54(117-71(99)118-59)27(2)105-69(61)106-28(3)77-18-17-72(4,5)19-30(77)29-11-12-36-73(6)15-14-39(76(9,100-10)37(73)13-16-74(36,7)75(29,8)20-38(77)83)109-70-60(115-67-49(93)45(89)43(87)35(22-79)108-67)56(50(94)58(114-70)62(97)98)112-64-47(91)41(85)32(81)24-102-64/h11,26-27,30-61,63-70,78-96H,3,12-25H2,1-2,4-10H3,(H,97,98)/t26?,27?,30?,31-,32-,33-,34?,35?,36?,37-,38+,39+,40+,41+,42-,43+,44+,45+,46?,47?,48?,49?,50+,51?,52+,53+,54+,55+,56+,57?,58?,59+,60?,61?,63+,64+,65+,66+,67+,68?,69+,70-,73?,74?,75-,76?,77?/m1/s1. The van der Waals surface area contributed by atoms with E-state index in [9.17, 15) is 112 Å². The molecular formula is C77H120O41. The zero-order chi connectivity index (χ0) is 85.6. The summed E-state index contributed by atoms with van der Waals surface area (Å²) in [4.78, 5) is 26.5. The number of hydrogen-bond acceptors (Lipinski definition) is 40. The minimum absolute atomic E-state index is 0.0889. The van der Waals surface area contributed by atoms with Crippen LogP contribution in [0.4, 0.5) is 4.79 Å². The Bertz CT molecular complexity index is 3530. The van der Waals surface area contributed by atoms with E-state index in [4.69, 9.17) is 90.0 Å². The highest BCUT2D eigenvalue weighted by Gasteiger charge is 2.73. The molecule has 9 aliphatic heterocycles. The Balaban J connectivity index is 0.733. The van der Waals surface area contributed by atoms with Crippen molar-refractivity contribution in [2.24, 2.45) is 44.8 Å². The van der Waals surface area contributed by atoms with Crippen molar-refractivity contribution in [3.63, 3.8) is 0 Å². The number of rotatable bonds is 21. The lowest BCUT2D eigenvalue weighted by Crippen LogP contribution is -2.70. The summed E-state index contributed by atoms with van der Waals surface area (Å²) in [6.45, 7) is 17.1. The van der Waals surface area contributed by atoms with Gasteiger partial charge in [0.1, 0.15) is 146 Å². The molecule has 14 rings (SSSR count). The first-order valence-electron chi connectivity index (χ1n) is 40.7. The summed E-state index contributed by atoms with van der Waals surface area (Å²) >= 11 is 0. The first-order valence-corrected chi connectivity index (χ1v) is 40.7. The molecule has 0 aromatic carbocycles. The average molecular weight is 1700 g/mol. The maximum atomic E-state index is 13.6. The fraction of sp³-hybridized carbons (Fsp3) is 0.922. The predicted molar refractivity (Wildman–Crippen MR) is 383 cm³/mol. The average Bonchev–Trinajstić information content (AvgIpc) is 0.689. The third-order valence-corrected chi connectivity index (χ3v) is 29.2. The lowest BCUT2D eigenvalue weighted by atomic mass is 9.33. The topological polar surface area (TPSA) is 614 Å². The molecule has 9 heterocycles. The van der Waals surface area contributed by atoms with Crippen molar-refractivity contribution in [3.8, 4) is 0 Å². The first-order chi connectivity index (χ1) is 55.5. The fourth-order valence-corrected chi connectivity index (χ4v) is 22.1. The van der Waals surface area contributed by atoms with Crippen LogP contribution >= 0.6 is 0 Å². The molecule has 20 unspecified atom stereocenters. The maximum absolute atomic E-state index is 13.6. The molecule has 13 fully saturated rings. The van der Waals surface area contributed by atoms with Crippen LogP contribution in [-0.2, 0) is 94.8 Å². The van der Waals surface area contributed by atoms with Crippen molar-refractivity contribution in [2.75, 3.05) is 40.1 Å². The monoisotopic (exact) mass is 1700 g/mol. The molecule has 41 heteroatoms. The molecular weight excluding hydrogens is 1580 g/mol. The normalized spacial score (nSPS) is 54.6. The molecule has 20 N–H and O–H groups in total. The zero-order valence-corrected chi connectivity index (χ0v) is 67.0. The van der Waals surface area contributed by atoms with Crippen molar-refractivity contribution in [3.05, 3.63) is 24.0 Å². The number of aliphatic hydroxyl groups excluding tert-OH is 19. The van der Waals surface area contributed by atoms with E-state index in [1.807, 2.05) is 6.92 Å². The number of hydrogen-bond donors (Lipinski definition) is 20. The highest BCUT2D eigenvalue weighted by atomic mass is 16.8. The van der Waals surface area contributed by atoms with E-state index < -0.39 is 318 Å². The van der Waals surface area contributed by atoms with Gasteiger partial charge in [0.2, 0.25) is 6.29 Å². The number of ether oxygens (including phenoxy) is 19. The Morgan fingerprint density at radius 2 is 0.983 bits per heavy atom. The number of carboxylic acids is 1. The zero-order valence-electron chi connectivity index (χ0n) is 67.0. The highest BCUT2D eigenvalue weighted by molar-refractivity contribution is 5.73. The SMILES string of the molecule is C=C(O[C@@H]1OC(C)[C@@H]2OC(=O)O[C@@H]2C1OC1OC(C)[C@H](O[C@@H]2OC[C@@H](O)[C@H](O[C@@H]3OC[C@@H](O)[C@H](O)C3O)C2O)C(O[C@@H]2OC(CO)[C@@H](O)[C@H](O)C2O)[C@@H]1O)C12CCC(C)(C)CC1C1=CCC3C4(C)CC[C@H](O[C@@H]5OC(C(=O)O)[C@@H](O)[C@H](O[C@@H]6OC[C@@H](O)[C@H](O)C6O)C5O[C@@H]5OC(CO)[C@H](O)[C@H](O)C5O)C(C)(OC)[C@@H]4CCC3(C)[C@]1(C)C[C@@H]2O. The Labute approximate surface area is 678 Å². The Morgan fingerprint density at radius 3 is 1.57 bits per heavy atom. The molecule has 0 aromatic heterocycles. The van der Waals surface area contributed by atoms with Gasteiger partial charge in [-0.25, -0.2) is 9.59 Å². The van der Waals surface area contributed by atoms with E-state index in [0.717, 1.165) is 5.57 Å². The summed E-state index contributed by atoms with van der Waals surface area (Å²) in [6.07, 6.45) is -62.8. The number of allylic oxidation sites excluding steroid dienone is 2. The molecule has 0 radical (unpaired) electrons. The van der Waals surface area contributed by atoms with Gasteiger partial charge in [-0.3, -0.25) is 0 Å². The van der Waals surface area contributed by atoms with Crippen molar-refractivity contribution in [1.29, 1.82) is 0 Å². The first kappa shape index (κ1) is 90.9. The van der Waals surface area contributed by atoms with Crippen LogP contribution < -0.4 is 0 Å². The maximum Gasteiger partial charge on any atom is 0.509 e. The molecule has 47 atom stereocenters. The summed E-state index contributed by atoms with van der Waals surface area (Å²) in [5.41, 5.74) is -3.69. The van der Waals surface area contributed by atoms with Gasteiger partial charge in [-0.15, -0.1) is 0 Å². The van der Waals surface area contributed by atoms with E-state index in [1.165, 1.54) is 14.0 Å². The summed E-state index contributed by atoms with van der Waals surface area (Å²) in [6, 6.07) is 0. The minimum atomic E-state index is -2.19. The van der Waals surface area contributed by atoms with Crippen LogP contribution in [0.5, 0.6) is 0 Å². The van der Waals surface area contributed by atoms with E-state index in [2.05, 4.69) is 47.3 Å². The quantitative estimate of drug-likeness (QED) is 0.0220. The van der Waals surface area contributed by atoms with Gasteiger partial charge in [0, 0.05) is 7.11 Å². The van der Waals surface area contributed by atoms with Crippen LogP contribution in [0.1, 0.15) is 113 Å². The van der Waals surface area contributed by atoms with Crippen molar-refractivity contribution in [2.45, 2.75) is 358 Å². The van der Waals surface area contributed by atoms with E-state index in [-0.39, 0.29) is 35.9 Å². The predicted octanol–water partition coefficient (Wildman–Crippen LogP) is -6.15. The number of aliphatic hydroxyl groups is 19. The van der Waals surface area contributed by atoms with Gasteiger partial charge in [0.05, 0.1) is 68.5 Å². The largest absolute Gasteiger partial charge is 0.509 e. The highest BCUT2D eigenvalue weighted by Crippen LogP contribution is 2.76. The van der Waals surface area contributed by atoms with Gasteiger partial charge in [-0.05, 0) is 118 Å². The van der Waals surface area contributed by atoms with Crippen LogP contribution in [0.3, 0.4) is 0 Å². The number of fused-ring (bicyclic) bond motifs is 8. The Kier molecular flexibility index (Phi) is 26.5. The molecule has 0 spiro atoms. The summed E-state index contributed by atoms with van der Waals surface area (Å²) in [7, 11) is 1.52. The molecule has 118 heavy (non-hydrogen) atoms. The molecule has 5 aliphatic carbocycles. The summed E-state index contributed by atoms with van der Waals surface area (Å²) in [5.74, 6) is -2.55. The van der Waals surface area contributed by atoms with Crippen molar-refractivity contribution in [1.82, 2.24) is 0 Å².